The molecular weight excluding hydrogens is 404 g/mol. The normalized spacial score (nSPS) is 16.9. The number of aromatic nitrogens is 5. The van der Waals surface area contributed by atoms with E-state index in [0.717, 1.165) is 24.5 Å². The maximum Gasteiger partial charge on any atom is 0.253 e. The summed E-state index contributed by atoms with van der Waals surface area (Å²) < 4.78 is 1.91. The van der Waals surface area contributed by atoms with Gasteiger partial charge in [0.25, 0.3) is 5.91 Å². The van der Waals surface area contributed by atoms with E-state index in [-0.39, 0.29) is 11.9 Å². The van der Waals surface area contributed by atoms with E-state index in [1.54, 1.807) is 18.5 Å². The van der Waals surface area contributed by atoms with Gasteiger partial charge in [0.15, 0.2) is 11.5 Å². The minimum absolute atomic E-state index is 0.00909. The van der Waals surface area contributed by atoms with Crippen LogP contribution < -0.4 is 10.2 Å². The first-order valence-electron chi connectivity index (χ1n) is 10.6. The van der Waals surface area contributed by atoms with Gasteiger partial charge in [-0.2, -0.15) is 0 Å². The lowest BCUT2D eigenvalue weighted by atomic mass is 10.1. The highest BCUT2D eigenvalue weighted by molar-refractivity contribution is 5.94. The fraction of sp³-hybridized carbons (Fsp3) is 0.261. The van der Waals surface area contributed by atoms with Crippen LogP contribution in [0.2, 0.25) is 0 Å². The van der Waals surface area contributed by atoms with Gasteiger partial charge in [0.05, 0.1) is 11.6 Å². The zero-order valence-corrected chi connectivity index (χ0v) is 17.8. The summed E-state index contributed by atoms with van der Waals surface area (Å²) in [5, 5.41) is 11.8. The molecule has 4 aromatic rings. The second-order valence-electron chi connectivity index (χ2n) is 7.86. The van der Waals surface area contributed by atoms with E-state index in [9.17, 15) is 4.79 Å². The smallest absolute Gasteiger partial charge is 0.253 e. The number of piperazine rings is 1. The predicted octanol–water partition coefficient (Wildman–Crippen LogP) is 1.94. The summed E-state index contributed by atoms with van der Waals surface area (Å²) in [5.74, 6) is 1.37. The quantitative estimate of drug-likeness (QED) is 0.519. The summed E-state index contributed by atoms with van der Waals surface area (Å²) in [4.78, 5) is 26.0. The fourth-order valence-corrected chi connectivity index (χ4v) is 3.94. The number of pyridine rings is 1. The molecule has 1 unspecified atom stereocenters. The maximum atomic E-state index is 12.8. The summed E-state index contributed by atoms with van der Waals surface area (Å²) in [7, 11) is 2.07. The Bertz CT molecular complexity index is 1210. The van der Waals surface area contributed by atoms with Gasteiger partial charge in [0.1, 0.15) is 0 Å². The molecule has 4 heterocycles. The third-order valence-corrected chi connectivity index (χ3v) is 5.77. The van der Waals surface area contributed by atoms with Crippen molar-refractivity contribution in [2.45, 2.75) is 12.6 Å². The van der Waals surface area contributed by atoms with Crippen LogP contribution in [0.3, 0.4) is 0 Å². The molecule has 9 heteroatoms. The number of nitrogens with zero attached hydrogens (tertiary/aromatic N) is 7. The second-order valence-corrected chi connectivity index (χ2v) is 7.86. The van der Waals surface area contributed by atoms with Crippen LogP contribution in [0.1, 0.15) is 27.8 Å². The number of carbonyl (C=O) groups excluding carboxylic acids is 1. The van der Waals surface area contributed by atoms with Gasteiger partial charge in [0, 0.05) is 44.8 Å². The lowest BCUT2D eigenvalue weighted by Crippen LogP contribution is -2.47. The van der Waals surface area contributed by atoms with Crippen LogP contribution in [0.25, 0.3) is 5.65 Å². The first kappa shape index (κ1) is 20.1. The summed E-state index contributed by atoms with van der Waals surface area (Å²) in [5.41, 5.74) is 2.33. The van der Waals surface area contributed by atoms with Crippen molar-refractivity contribution < 1.29 is 4.79 Å². The summed E-state index contributed by atoms with van der Waals surface area (Å²) >= 11 is 0. The molecule has 1 atom stereocenters. The molecule has 1 aliphatic heterocycles. The highest BCUT2D eigenvalue weighted by Crippen LogP contribution is 2.25. The number of hydrogen-bond donors (Lipinski definition) is 1. The van der Waals surface area contributed by atoms with Crippen molar-refractivity contribution in [3.05, 3.63) is 84.1 Å². The molecule has 0 aliphatic carbocycles. The molecule has 32 heavy (non-hydrogen) atoms. The van der Waals surface area contributed by atoms with Gasteiger partial charge in [-0.3, -0.25) is 14.1 Å². The molecular formula is C23H24N8O. The van der Waals surface area contributed by atoms with Crippen molar-refractivity contribution in [2.75, 3.05) is 31.6 Å². The number of fused-ring (bicyclic) bond motifs is 1. The monoisotopic (exact) mass is 428 g/mol. The zero-order chi connectivity index (χ0) is 21.9. The molecule has 0 saturated carbocycles. The molecule has 1 saturated heterocycles. The van der Waals surface area contributed by atoms with Crippen LogP contribution in [0.4, 0.5) is 5.95 Å². The Morgan fingerprint density at radius 3 is 2.66 bits per heavy atom. The van der Waals surface area contributed by atoms with Crippen molar-refractivity contribution in [3.63, 3.8) is 0 Å². The van der Waals surface area contributed by atoms with Crippen LogP contribution in [-0.2, 0) is 6.54 Å². The molecule has 0 bridgehead atoms. The molecule has 0 radical (unpaired) electrons. The van der Waals surface area contributed by atoms with E-state index in [1.165, 1.54) is 0 Å². The van der Waals surface area contributed by atoms with Gasteiger partial charge in [0.2, 0.25) is 5.95 Å². The van der Waals surface area contributed by atoms with Crippen LogP contribution in [-0.4, -0.2) is 62.1 Å². The number of anilines is 1. The molecule has 1 N–H and O–H groups in total. The molecule has 1 amide bonds. The molecule has 0 spiro atoms. The number of likely N-dealkylation sites (N-methyl/N-ethyl adjacent to an activating group) is 1. The lowest BCUT2D eigenvalue weighted by molar-refractivity contribution is 0.0950. The molecule has 162 valence electrons. The topological polar surface area (TPSA) is 91.6 Å². The SMILES string of the molecule is CN1CCN(c2ncccn2)CC1c1nnc2ccc(C(=O)NCc3ccccc3)cn12. The van der Waals surface area contributed by atoms with Crippen molar-refractivity contribution in [1.82, 2.24) is 34.8 Å². The standard InChI is InChI=1S/C23H24N8O/c1-29-12-13-30(23-24-10-5-11-25-23)16-19(29)21-28-27-20-9-8-18(15-31(20)21)22(32)26-14-17-6-3-2-4-7-17/h2-11,15,19H,12-14,16H2,1H3,(H,26,32). The number of hydrogen-bond acceptors (Lipinski definition) is 7. The summed E-state index contributed by atoms with van der Waals surface area (Å²) in [6.07, 6.45) is 5.32. The number of amides is 1. The van der Waals surface area contributed by atoms with Crippen LogP contribution in [0.15, 0.2) is 67.1 Å². The minimum Gasteiger partial charge on any atom is -0.348 e. The highest BCUT2D eigenvalue weighted by Gasteiger charge is 2.30. The average molecular weight is 429 g/mol. The van der Waals surface area contributed by atoms with E-state index in [2.05, 4.69) is 42.3 Å². The summed E-state index contributed by atoms with van der Waals surface area (Å²) in [6, 6.07) is 15.3. The molecule has 9 nitrogen and oxygen atoms in total. The van der Waals surface area contributed by atoms with E-state index in [1.807, 2.05) is 53.1 Å². The Morgan fingerprint density at radius 2 is 1.84 bits per heavy atom. The van der Waals surface area contributed by atoms with E-state index >= 15 is 0 Å². The van der Waals surface area contributed by atoms with E-state index in [4.69, 9.17) is 0 Å². The maximum absolute atomic E-state index is 12.8. The van der Waals surface area contributed by atoms with Gasteiger partial charge in [-0.05, 0) is 30.8 Å². The Balaban J connectivity index is 1.38. The fourth-order valence-electron chi connectivity index (χ4n) is 3.94. The third-order valence-electron chi connectivity index (χ3n) is 5.77. The van der Waals surface area contributed by atoms with Crippen LogP contribution >= 0.6 is 0 Å². The van der Waals surface area contributed by atoms with Gasteiger partial charge in [-0.1, -0.05) is 30.3 Å². The third kappa shape index (κ3) is 4.02. The first-order chi connectivity index (χ1) is 15.7. The number of nitrogens with one attached hydrogen (secondary N) is 1. The Morgan fingerprint density at radius 1 is 1.03 bits per heavy atom. The minimum atomic E-state index is -0.133. The van der Waals surface area contributed by atoms with E-state index < -0.39 is 0 Å². The Labute approximate surface area is 185 Å². The highest BCUT2D eigenvalue weighted by atomic mass is 16.1. The van der Waals surface area contributed by atoms with Gasteiger partial charge >= 0.3 is 0 Å². The van der Waals surface area contributed by atoms with Gasteiger partial charge in [-0.25, -0.2) is 9.97 Å². The number of benzene rings is 1. The second kappa shape index (κ2) is 8.72. The summed E-state index contributed by atoms with van der Waals surface area (Å²) in [6.45, 7) is 2.84. The lowest BCUT2D eigenvalue weighted by Gasteiger charge is -2.38. The predicted molar refractivity (Wildman–Crippen MR) is 120 cm³/mol. The first-order valence-corrected chi connectivity index (χ1v) is 10.6. The van der Waals surface area contributed by atoms with E-state index in [0.29, 0.717) is 30.2 Å². The number of rotatable bonds is 5. The Hall–Kier alpha value is -3.85. The molecule has 1 fully saturated rings. The van der Waals surface area contributed by atoms with Crippen molar-refractivity contribution in [3.8, 4) is 0 Å². The van der Waals surface area contributed by atoms with Crippen LogP contribution in [0, 0.1) is 0 Å². The largest absolute Gasteiger partial charge is 0.348 e. The average Bonchev–Trinajstić information content (AvgIpc) is 3.27. The molecule has 1 aromatic carbocycles. The van der Waals surface area contributed by atoms with Crippen LogP contribution in [0.5, 0.6) is 0 Å². The van der Waals surface area contributed by atoms with Crippen molar-refractivity contribution in [1.29, 1.82) is 0 Å². The molecule has 1 aliphatic rings. The molecule has 5 rings (SSSR count). The van der Waals surface area contributed by atoms with Gasteiger partial charge in [-0.15, -0.1) is 10.2 Å². The van der Waals surface area contributed by atoms with Gasteiger partial charge < -0.3 is 10.2 Å². The number of carbonyl (C=O) groups is 1. The zero-order valence-electron chi connectivity index (χ0n) is 17.8. The van der Waals surface area contributed by atoms with Crippen molar-refractivity contribution in [2.24, 2.45) is 0 Å². The Kier molecular flexibility index (Phi) is 5.47. The molecule has 3 aromatic heterocycles. The van der Waals surface area contributed by atoms with Crippen molar-refractivity contribution >= 4 is 17.5 Å².